The van der Waals surface area contributed by atoms with E-state index in [0.717, 1.165) is 18.4 Å². The normalized spacial score (nSPS) is 11.9. The molecule has 0 aliphatic rings. The number of benzene rings is 1. The molecule has 23 heavy (non-hydrogen) atoms. The molecule has 1 aromatic carbocycles. The highest BCUT2D eigenvalue weighted by molar-refractivity contribution is 5.41. The first-order chi connectivity index (χ1) is 11.1. The third-order valence-corrected chi connectivity index (χ3v) is 4.07. The molecule has 0 N–H and O–H groups in total. The van der Waals surface area contributed by atoms with Gasteiger partial charge in [0, 0.05) is 0 Å². The van der Waals surface area contributed by atoms with E-state index in [-0.39, 0.29) is 11.9 Å². The molecule has 1 atom stereocenters. The van der Waals surface area contributed by atoms with E-state index in [2.05, 4.69) is 37.0 Å². The van der Waals surface area contributed by atoms with Crippen LogP contribution in [-0.2, 0) is 19.4 Å². The lowest BCUT2D eigenvalue weighted by atomic mass is 9.86. The van der Waals surface area contributed by atoms with Gasteiger partial charge in [0.15, 0.2) is 0 Å². The maximum atomic E-state index is 10.9. The molecule has 0 aliphatic heterocycles. The first-order valence-electron chi connectivity index (χ1n) is 7.78. The van der Waals surface area contributed by atoms with Crippen molar-refractivity contribution < 1.29 is 4.92 Å². The number of aromatic nitrogens is 2. The van der Waals surface area contributed by atoms with E-state index >= 15 is 0 Å². The van der Waals surface area contributed by atoms with E-state index in [1.54, 1.807) is 6.20 Å². The van der Waals surface area contributed by atoms with Gasteiger partial charge in [0.05, 0.1) is 18.5 Å². The zero-order valence-corrected chi connectivity index (χ0v) is 13.4. The quantitative estimate of drug-likeness (QED) is 0.577. The Morgan fingerprint density at radius 3 is 2.52 bits per heavy atom. The fourth-order valence-electron chi connectivity index (χ4n) is 2.92. The fourth-order valence-corrected chi connectivity index (χ4v) is 2.92. The van der Waals surface area contributed by atoms with Crippen molar-refractivity contribution in [3.05, 3.63) is 57.4 Å². The molecule has 1 heterocycles. The number of nitrogens with zero attached hydrogens (tertiary/aromatic N) is 4. The summed E-state index contributed by atoms with van der Waals surface area (Å²) in [5.74, 6) is -0.454. The summed E-state index contributed by atoms with van der Waals surface area (Å²) in [5, 5.41) is 20.5. The van der Waals surface area contributed by atoms with Gasteiger partial charge >= 0.3 is 5.95 Å². The van der Waals surface area contributed by atoms with Crippen LogP contribution in [0.4, 0.5) is 5.95 Å². The van der Waals surface area contributed by atoms with E-state index in [1.165, 1.54) is 21.9 Å². The van der Waals surface area contributed by atoms with E-state index in [1.807, 2.05) is 6.07 Å². The van der Waals surface area contributed by atoms with Gasteiger partial charge in [0.1, 0.15) is 12.4 Å². The van der Waals surface area contributed by atoms with Crippen LogP contribution in [0.15, 0.2) is 30.6 Å². The van der Waals surface area contributed by atoms with Crippen molar-refractivity contribution in [1.82, 2.24) is 9.55 Å². The molecule has 0 spiro atoms. The average Bonchev–Trinajstić information content (AvgIpc) is 3.04. The second-order valence-electron chi connectivity index (χ2n) is 5.35. The molecule has 0 radical (unpaired) electrons. The van der Waals surface area contributed by atoms with Crippen molar-refractivity contribution in [3.8, 4) is 6.07 Å². The molecular formula is C17H20N4O2. The van der Waals surface area contributed by atoms with E-state index in [0.29, 0.717) is 13.0 Å². The highest BCUT2D eigenvalue weighted by Crippen LogP contribution is 2.28. The summed E-state index contributed by atoms with van der Waals surface area (Å²) in [4.78, 5) is 14.2. The minimum absolute atomic E-state index is 0.179. The van der Waals surface area contributed by atoms with Gasteiger partial charge in [0.25, 0.3) is 0 Å². The number of hydrogen-bond acceptors (Lipinski definition) is 4. The maximum absolute atomic E-state index is 10.9. The summed E-state index contributed by atoms with van der Waals surface area (Å²) in [7, 11) is 0. The van der Waals surface area contributed by atoms with Crippen LogP contribution in [0, 0.1) is 21.4 Å². The first-order valence-corrected chi connectivity index (χ1v) is 7.78. The van der Waals surface area contributed by atoms with Crippen LogP contribution in [0.2, 0.25) is 0 Å². The Balaban J connectivity index is 2.26. The van der Waals surface area contributed by atoms with Gasteiger partial charge in [-0.2, -0.15) is 5.26 Å². The maximum Gasteiger partial charge on any atom is 0.434 e. The molecule has 2 rings (SSSR count). The minimum Gasteiger partial charge on any atom is -0.390 e. The molecule has 120 valence electrons. The van der Waals surface area contributed by atoms with Crippen molar-refractivity contribution in [2.24, 2.45) is 0 Å². The van der Waals surface area contributed by atoms with Crippen LogP contribution in [0.25, 0.3) is 0 Å². The third-order valence-electron chi connectivity index (χ3n) is 4.07. The molecule has 0 amide bonds. The van der Waals surface area contributed by atoms with Gasteiger partial charge in [-0.05, 0) is 40.9 Å². The number of rotatable bonds is 7. The summed E-state index contributed by atoms with van der Waals surface area (Å²) in [6, 6.07) is 8.51. The molecule has 2 aromatic rings. The van der Waals surface area contributed by atoms with E-state index in [4.69, 9.17) is 0 Å². The Labute approximate surface area is 135 Å². The van der Waals surface area contributed by atoms with E-state index < -0.39 is 4.92 Å². The lowest BCUT2D eigenvalue weighted by Crippen LogP contribution is -2.10. The van der Waals surface area contributed by atoms with Crippen LogP contribution < -0.4 is 0 Å². The number of hydrogen-bond donors (Lipinski definition) is 0. The molecule has 0 saturated carbocycles. The van der Waals surface area contributed by atoms with Gasteiger partial charge in [-0.3, -0.25) is 0 Å². The highest BCUT2D eigenvalue weighted by atomic mass is 16.6. The second kappa shape index (κ2) is 7.54. The molecule has 0 saturated heterocycles. The van der Waals surface area contributed by atoms with E-state index in [9.17, 15) is 15.4 Å². The van der Waals surface area contributed by atoms with Gasteiger partial charge in [-0.15, -0.1) is 0 Å². The topological polar surface area (TPSA) is 84.8 Å². The molecular weight excluding hydrogens is 292 g/mol. The standard InChI is InChI=1S/C17H20N4O2/c1-3-13-6-5-7-14(4-2)16(13)15(12-18)8-10-20-11-9-19-17(20)21(22)23/h5-7,9,11,15H,3-4,8,10H2,1-2H3. The van der Waals surface area contributed by atoms with Gasteiger partial charge in [-0.25, -0.2) is 4.57 Å². The number of aryl methyl sites for hydroxylation is 3. The summed E-state index contributed by atoms with van der Waals surface area (Å²) < 4.78 is 1.49. The van der Waals surface area contributed by atoms with Crippen LogP contribution in [0.1, 0.15) is 42.9 Å². The van der Waals surface area contributed by atoms with Crippen molar-refractivity contribution in [1.29, 1.82) is 5.26 Å². The SMILES string of the molecule is CCc1cccc(CC)c1C(C#N)CCn1ccnc1[N+](=O)[O-]. The monoisotopic (exact) mass is 312 g/mol. The Kier molecular flexibility index (Phi) is 5.47. The van der Waals surface area contributed by atoms with Crippen molar-refractivity contribution in [2.75, 3.05) is 0 Å². The molecule has 0 bridgehead atoms. The molecule has 1 unspecified atom stereocenters. The lowest BCUT2D eigenvalue weighted by molar-refractivity contribution is -0.396. The Bertz CT molecular complexity index is 708. The Hall–Kier alpha value is -2.68. The highest BCUT2D eigenvalue weighted by Gasteiger charge is 2.20. The summed E-state index contributed by atoms with van der Waals surface area (Å²) in [5.41, 5.74) is 3.44. The third kappa shape index (κ3) is 3.57. The van der Waals surface area contributed by atoms with Gasteiger partial charge in [0.2, 0.25) is 0 Å². The number of nitriles is 1. The zero-order chi connectivity index (χ0) is 16.8. The zero-order valence-electron chi connectivity index (χ0n) is 13.4. The molecule has 6 heteroatoms. The number of nitro groups is 1. The molecule has 6 nitrogen and oxygen atoms in total. The minimum atomic E-state index is -0.501. The van der Waals surface area contributed by atoms with Crippen LogP contribution in [0.3, 0.4) is 0 Å². The molecule has 0 fully saturated rings. The molecule has 1 aromatic heterocycles. The largest absolute Gasteiger partial charge is 0.434 e. The van der Waals surface area contributed by atoms with Gasteiger partial charge < -0.3 is 10.1 Å². The Morgan fingerprint density at radius 2 is 2.00 bits per heavy atom. The predicted molar refractivity (Wildman–Crippen MR) is 87.1 cm³/mol. The lowest BCUT2D eigenvalue weighted by Gasteiger charge is -2.17. The van der Waals surface area contributed by atoms with Crippen LogP contribution >= 0.6 is 0 Å². The van der Waals surface area contributed by atoms with Gasteiger partial charge in [-0.1, -0.05) is 37.0 Å². The first kappa shape index (κ1) is 16.7. The van der Waals surface area contributed by atoms with Crippen LogP contribution in [-0.4, -0.2) is 14.5 Å². The summed E-state index contributed by atoms with van der Waals surface area (Å²) in [6.45, 7) is 4.55. The fraction of sp³-hybridized carbons (Fsp3) is 0.412. The van der Waals surface area contributed by atoms with Crippen LogP contribution in [0.5, 0.6) is 0 Å². The van der Waals surface area contributed by atoms with Crippen molar-refractivity contribution >= 4 is 5.95 Å². The number of imidazole rings is 1. The van der Waals surface area contributed by atoms with Crippen molar-refractivity contribution in [3.63, 3.8) is 0 Å². The average molecular weight is 312 g/mol. The summed E-state index contributed by atoms with van der Waals surface area (Å²) >= 11 is 0. The molecule has 0 aliphatic carbocycles. The smallest absolute Gasteiger partial charge is 0.390 e. The Morgan fingerprint density at radius 1 is 1.35 bits per heavy atom. The summed E-state index contributed by atoms with van der Waals surface area (Å²) in [6.07, 6.45) is 5.26. The predicted octanol–water partition coefficient (Wildman–Crippen LogP) is 3.61. The second-order valence-corrected chi connectivity index (χ2v) is 5.35. The van der Waals surface area contributed by atoms with Crippen molar-refractivity contribution in [2.45, 2.75) is 45.6 Å².